The van der Waals surface area contributed by atoms with Gasteiger partial charge in [-0.1, -0.05) is 32.0 Å². The van der Waals surface area contributed by atoms with Crippen LogP contribution < -0.4 is 10.6 Å². The number of aromatic amines is 2. The number of pyridine rings is 1. The molecular formula is C43H53N9O7. The number of carbonyl (C=O) groups excluding carboxylic acids is 3. The molecule has 0 radical (unpaired) electrons. The van der Waals surface area contributed by atoms with Crippen LogP contribution in [0.3, 0.4) is 0 Å². The van der Waals surface area contributed by atoms with Gasteiger partial charge in [-0.05, 0) is 80.0 Å². The smallest absolute Gasteiger partial charge is 0.407 e. The first-order chi connectivity index (χ1) is 28.7. The fourth-order valence-corrected chi connectivity index (χ4v) is 8.53. The second kappa shape index (κ2) is 17.7. The maximum absolute atomic E-state index is 14.0. The number of alkyl carbamates (subject to hydrolysis) is 2. The van der Waals surface area contributed by atoms with Gasteiger partial charge in [0.05, 0.1) is 67.6 Å². The number of nitrogens with zero attached hydrogens (tertiary/aromatic N) is 5. The number of likely N-dealkylation sites (tertiary alicyclic amines) is 1. The van der Waals surface area contributed by atoms with Crippen LogP contribution >= 0.6 is 0 Å². The first-order valence-electron chi connectivity index (χ1n) is 20.6. The summed E-state index contributed by atoms with van der Waals surface area (Å²) in [4.78, 5) is 67.8. The minimum absolute atomic E-state index is 0.0212. The second-order valence-electron chi connectivity index (χ2n) is 16.0. The third kappa shape index (κ3) is 8.75. The van der Waals surface area contributed by atoms with E-state index in [4.69, 9.17) is 34.0 Å². The van der Waals surface area contributed by atoms with Crippen LogP contribution in [0.2, 0.25) is 0 Å². The van der Waals surface area contributed by atoms with Crippen molar-refractivity contribution in [1.29, 1.82) is 0 Å². The molecule has 0 unspecified atom stereocenters. The van der Waals surface area contributed by atoms with Crippen molar-refractivity contribution in [2.45, 2.75) is 76.5 Å². The number of fused-ring (bicyclic) bond motifs is 2. The van der Waals surface area contributed by atoms with Crippen LogP contribution in [0.1, 0.15) is 76.1 Å². The topological polar surface area (TPSA) is 189 Å². The van der Waals surface area contributed by atoms with Crippen LogP contribution in [0.4, 0.5) is 9.59 Å². The van der Waals surface area contributed by atoms with E-state index in [0.717, 1.165) is 88.2 Å². The van der Waals surface area contributed by atoms with Crippen molar-refractivity contribution in [3.8, 4) is 22.5 Å². The van der Waals surface area contributed by atoms with Gasteiger partial charge in [-0.3, -0.25) is 14.6 Å². The Balaban J connectivity index is 0.954. The SMILES string of the molecule is COC(=O)N[C@H](C(=O)N1CCC[C@H]1c1nc2ccc(-c3cc4ccc(-c5cnc([C@@H]6CCCN6OC[C@@H](NC(=O)OC)C(C)C)[nH]5)cc4cn3)cc2[nH]1)C1CCOCC1. The van der Waals surface area contributed by atoms with Gasteiger partial charge in [-0.15, -0.1) is 0 Å². The van der Waals surface area contributed by atoms with Crippen molar-refractivity contribution in [2.75, 3.05) is 47.1 Å². The molecule has 8 rings (SSSR count). The van der Waals surface area contributed by atoms with Crippen molar-refractivity contribution >= 4 is 39.9 Å². The maximum Gasteiger partial charge on any atom is 0.407 e. The number of rotatable bonds is 12. The van der Waals surface area contributed by atoms with Crippen molar-refractivity contribution in [2.24, 2.45) is 11.8 Å². The lowest BCUT2D eigenvalue weighted by molar-refractivity contribution is -0.178. The molecule has 0 aliphatic carbocycles. The number of benzene rings is 2. The molecule has 3 aliphatic rings. The highest BCUT2D eigenvalue weighted by molar-refractivity contribution is 5.90. The summed E-state index contributed by atoms with van der Waals surface area (Å²) in [5.41, 5.74) is 5.37. The maximum atomic E-state index is 14.0. The highest BCUT2D eigenvalue weighted by Crippen LogP contribution is 2.36. The van der Waals surface area contributed by atoms with Crippen molar-refractivity contribution in [1.82, 2.24) is 45.5 Å². The van der Waals surface area contributed by atoms with Gasteiger partial charge in [0.2, 0.25) is 5.91 Å². The molecule has 6 heterocycles. The van der Waals surface area contributed by atoms with Gasteiger partial charge in [-0.25, -0.2) is 19.6 Å². The Bertz CT molecular complexity index is 2290. The van der Waals surface area contributed by atoms with Gasteiger partial charge in [0.15, 0.2) is 0 Å². The molecule has 4 atom stereocenters. The molecule has 3 aromatic heterocycles. The number of hydroxylamine groups is 2. The normalized spacial score (nSPS) is 20.0. The Hall–Kier alpha value is -5.58. The fourth-order valence-electron chi connectivity index (χ4n) is 8.53. The summed E-state index contributed by atoms with van der Waals surface area (Å²) in [6.45, 7) is 6.89. The molecule has 16 heteroatoms. The molecule has 2 aromatic carbocycles. The predicted molar refractivity (Wildman–Crippen MR) is 220 cm³/mol. The minimum Gasteiger partial charge on any atom is -0.453 e. The van der Waals surface area contributed by atoms with E-state index in [2.05, 4.69) is 50.9 Å². The molecule has 4 N–H and O–H groups in total. The zero-order chi connectivity index (χ0) is 41.0. The summed E-state index contributed by atoms with van der Waals surface area (Å²) in [5.74, 6) is 1.60. The van der Waals surface area contributed by atoms with Crippen molar-refractivity contribution in [3.63, 3.8) is 0 Å². The summed E-state index contributed by atoms with van der Waals surface area (Å²) in [6.07, 6.45) is 7.57. The quantitative estimate of drug-likeness (QED) is 0.109. The predicted octanol–water partition coefficient (Wildman–Crippen LogP) is 6.43. The van der Waals surface area contributed by atoms with Gasteiger partial charge in [-0.2, -0.15) is 5.06 Å². The number of methoxy groups -OCH3 is 2. The number of amides is 3. The van der Waals surface area contributed by atoms with E-state index in [1.54, 1.807) is 0 Å². The molecule has 0 saturated carbocycles. The van der Waals surface area contributed by atoms with Gasteiger partial charge >= 0.3 is 12.2 Å². The number of carbonyl (C=O) groups is 3. The number of ether oxygens (including phenoxy) is 3. The highest BCUT2D eigenvalue weighted by Gasteiger charge is 2.40. The standard InChI is InChI=1S/C43H53N9O7/c1-25(2)35(49-42(54)56-3)24-59-52-16-6-8-37(52)39-45-23-34(48-39)28-10-9-27-20-32(44-22-30(27)19-28)29-11-12-31-33(21-29)47-40(46-31)36-7-5-15-51(36)41(53)38(50-43(55)57-4)26-13-17-58-18-14-26/h9-12,19-23,25-26,35-38H,5-8,13-18,24H2,1-4H3,(H,45,48)(H,46,47)(H,49,54)(H,50,55)/t35-,36+,37+,38+/m1/s1. The molecule has 0 spiro atoms. The van der Waals surface area contributed by atoms with Gasteiger partial charge in [0.25, 0.3) is 0 Å². The van der Waals surface area contributed by atoms with E-state index < -0.39 is 18.2 Å². The molecule has 59 heavy (non-hydrogen) atoms. The van der Waals surface area contributed by atoms with E-state index >= 15 is 0 Å². The fraction of sp³-hybridized carbons (Fsp3) is 0.488. The van der Waals surface area contributed by atoms with Crippen LogP contribution in [0.15, 0.2) is 54.9 Å². The summed E-state index contributed by atoms with van der Waals surface area (Å²) in [5, 5.41) is 9.71. The molecule has 3 amide bonds. The molecule has 312 valence electrons. The molecule has 3 fully saturated rings. The lowest BCUT2D eigenvalue weighted by Crippen LogP contribution is -2.53. The zero-order valence-corrected chi connectivity index (χ0v) is 34.0. The number of imidazole rings is 2. The first-order valence-corrected chi connectivity index (χ1v) is 20.6. The van der Waals surface area contributed by atoms with Gasteiger partial charge < -0.3 is 39.7 Å². The second-order valence-corrected chi connectivity index (χ2v) is 16.0. The third-order valence-electron chi connectivity index (χ3n) is 12.0. The summed E-state index contributed by atoms with van der Waals surface area (Å²) in [6, 6.07) is 13.3. The van der Waals surface area contributed by atoms with E-state index in [-0.39, 0.29) is 35.9 Å². The molecule has 3 saturated heterocycles. The van der Waals surface area contributed by atoms with Crippen LogP contribution in [0.5, 0.6) is 0 Å². The van der Waals surface area contributed by atoms with E-state index in [0.29, 0.717) is 39.2 Å². The summed E-state index contributed by atoms with van der Waals surface area (Å²) in [7, 11) is 2.67. The third-order valence-corrected chi connectivity index (χ3v) is 12.0. The molecule has 5 aromatic rings. The number of hydrogen-bond acceptors (Lipinski definition) is 11. The van der Waals surface area contributed by atoms with Crippen LogP contribution in [-0.2, 0) is 23.8 Å². The average Bonchev–Trinajstić information content (AvgIpc) is 4.10. The lowest BCUT2D eigenvalue weighted by Gasteiger charge is -2.34. The Kier molecular flexibility index (Phi) is 12.1. The van der Waals surface area contributed by atoms with Crippen LogP contribution in [0.25, 0.3) is 44.3 Å². The Morgan fingerprint density at radius 1 is 0.831 bits per heavy atom. The Labute approximate surface area is 342 Å². The van der Waals surface area contributed by atoms with E-state index in [9.17, 15) is 14.4 Å². The Morgan fingerprint density at radius 3 is 2.39 bits per heavy atom. The van der Waals surface area contributed by atoms with Crippen molar-refractivity contribution < 1.29 is 33.4 Å². The minimum atomic E-state index is -0.689. The van der Waals surface area contributed by atoms with Crippen LogP contribution in [0, 0.1) is 11.8 Å². The van der Waals surface area contributed by atoms with Gasteiger partial charge in [0.1, 0.15) is 17.7 Å². The first kappa shape index (κ1) is 40.2. The monoisotopic (exact) mass is 807 g/mol. The Morgan fingerprint density at radius 2 is 1.59 bits per heavy atom. The number of nitrogens with one attached hydrogen (secondary N) is 4. The van der Waals surface area contributed by atoms with Crippen molar-refractivity contribution in [3.05, 3.63) is 66.5 Å². The van der Waals surface area contributed by atoms with Crippen LogP contribution in [-0.4, -0.2) is 112 Å². The molecular weight excluding hydrogens is 755 g/mol. The number of aromatic nitrogens is 5. The van der Waals surface area contributed by atoms with E-state index in [1.165, 1.54) is 14.2 Å². The van der Waals surface area contributed by atoms with E-state index in [1.807, 2.05) is 48.3 Å². The molecule has 3 aliphatic heterocycles. The summed E-state index contributed by atoms with van der Waals surface area (Å²) >= 11 is 0. The van der Waals surface area contributed by atoms with Gasteiger partial charge in [0, 0.05) is 49.0 Å². The molecule has 16 nitrogen and oxygen atoms in total. The molecule has 0 bridgehead atoms. The average molecular weight is 808 g/mol. The highest BCUT2D eigenvalue weighted by atomic mass is 16.7. The summed E-state index contributed by atoms with van der Waals surface area (Å²) < 4.78 is 15.2. The zero-order valence-electron chi connectivity index (χ0n) is 34.0. The lowest BCUT2D eigenvalue weighted by atomic mass is 9.90. The number of hydrogen-bond donors (Lipinski definition) is 4. The largest absolute Gasteiger partial charge is 0.453 e. The number of H-pyrrole nitrogens is 2.